The maximum absolute atomic E-state index is 12.4. The van der Waals surface area contributed by atoms with Crippen LogP contribution in [0.15, 0.2) is 65.9 Å². The van der Waals surface area contributed by atoms with E-state index in [0.717, 1.165) is 16.9 Å². The summed E-state index contributed by atoms with van der Waals surface area (Å²) >= 11 is 0. The van der Waals surface area contributed by atoms with Crippen molar-refractivity contribution in [2.45, 2.75) is 12.6 Å². The summed E-state index contributed by atoms with van der Waals surface area (Å²) in [6.45, 7) is 0.916. The van der Waals surface area contributed by atoms with Gasteiger partial charge in [0, 0.05) is 7.05 Å². The van der Waals surface area contributed by atoms with Crippen LogP contribution < -0.4 is 15.4 Å². The quantitative estimate of drug-likeness (QED) is 0.890. The zero-order valence-electron chi connectivity index (χ0n) is 14.4. The molecular formula is C20H19N3O3. The molecule has 26 heavy (non-hydrogen) atoms. The van der Waals surface area contributed by atoms with Gasteiger partial charge in [-0.15, -0.1) is 0 Å². The molecule has 4 rings (SSSR count). The molecule has 2 N–H and O–H groups in total. The van der Waals surface area contributed by atoms with Gasteiger partial charge in [0.05, 0.1) is 23.9 Å². The molecule has 0 bridgehead atoms. The van der Waals surface area contributed by atoms with Gasteiger partial charge in [0.1, 0.15) is 12.4 Å². The molecule has 2 aromatic carbocycles. The molecule has 0 aliphatic carbocycles. The Balaban J connectivity index is 1.52. The zero-order chi connectivity index (χ0) is 18.1. The van der Waals surface area contributed by atoms with Crippen LogP contribution in [0.5, 0.6) is 5.75 Å². The second kappa shape index (κ2) is 6.55. The van der Waals surface area contributed by atoms with Gasteiger partial charge in [0.25, 0.3) is 5.91 Å². The molecular weight excluding hydrogens is 330 g/mol. The van der Waals surface area contributed by atoms with Gasteiger partial charge < -0.3 is 20.3 Å². The van der Waals surface area contributed by atoms with Crippen molar-refractivity contribution in [3.63, 3.8) is 0 Å². The van der Waals surface area contributed by atoms with Crippen molar-refractivity contribution in [3.8, 4) is 5.75 Å². The standard InChI is InChI=1S/C20H19N3O3/c1-23-11-16-17(19(23)24)18(22-20(25)21-16)14-7-9-15(10-8-14)26-12-13-5-3-2-4-6-13/h2-10,18H,11-12H2,1H3,(H2,21,22,25)/t18-/m1/s1. The third kappa shape index (κ3) is 3.01. The Morgan fingerprint density at radius 2 is 1.81 bits per heavy atom. The number of carbonyl (C=O) groups excluding carboxylic acids is 2. The van der Waals surface area contributed by atoms with Crippen molar-refractivity contribution in [2.75, 3.05) is 13.6 Å². The molecule has 0 fully saturated rings. The SMILES string of the molecule is CN1CC2=C(C1=O)[C@@H](c1ccc(OCc3ccccc3)cc1)NC(=O)N2. The highest BCUT2D eigenvalue weighted by Crippen LogP contribution is 2.32. The number of benzene rings is 2. The largest absolute Gasteiger partial charge is 0.489 e. The lowest BCUT2D eigenvalue weighted by Gasteiger charge is -2.25. The van der Waals surface area contributed by atoms with Gasteiger partial charge in [-0.05, 0) is 23.3 Å². The summed E-state index contributed by atoms with van der Waals surface area (Å²) in [6.07, 6.45) is 0. The van der Waals surface area contributed by atoms with Gasteiger partial charge in [0.15, 0.2) is 0 Å². The summed E-state index contributed by atoms with van der Waals surface area (Å²) in [7, 11) is 1.73. The van der Waals surface area contributed by atoms with Gasteiger partial charge in [-0.2, -0.15) is 0 Å². The zero-order valence-corrected chi connectivity index (χ0v) is 14.4. The molecule has 6 heteroatoms. The van der Waals surface area contributed by atoms with E-state index in [9.17, 15) is 9.59 Å². The van der Waals surface area contributed by atoms with Gasteiger partial charge in [-0.3, -0.25) is 4.79 Å². The maximum atomic E-state index is 12.4. The lowest BCUT2D eigenvalue weighted by Crippen LogP contribution is -2.44. The predicted molar refractivity (Wildman–Crippen MR) is 96.3 cm³/mol. The van der Waals surface area contributed by atoms with Crippen LogP contribution in [0.3, 0.4) is 0 Å². The molecule has 0 aromatic heterocycles. The number of rotatable bonds is 4. The van der Waals surface area contributed by atoms with Crippen LogP contribution in [0.25, 0.3) is 0 Å². The highest BCUT2D eigenvalue weighted by atomic mass is 16.5. The lowest BCUT2D eigenvalue weighted by atomic mass is 9.96. The van der Waals surface area contributed by atoms with Crippen LogP contribution in [0.4, 0.5) is 4.79 Å². The molecule has 2 aliphatic rings. The van der Waals surface area contributed by atoms with E-state index in [0.29, 0.717) is 24.4 Å². The molecule has 2 aromatic rings. The molecule has 0 spiro atoms. The first-order chi connectivity index (χ1) is 12.6. The highest BCUT2D eigenvalue weighted by molar-refractivity contribution is 6.01. The summed E-state index contributed by atoms with van der Waals surface area (Å²) in [5.74, 6) is 0.670. The molecule has 6 nitrogen and oxygen atoms in total. The Morgan fingerprint density at radius 1 is 1.08 bits per heavy atom. The number of hydrogen-bond donors (Lipinski definition) is 2. The first-order valence-electron chi connectivity index (χ1n) is 8.44. The average Bonchev–Trinajstić information content (AvgIpc) is 2.94. The van der Waals surface area contributed by atoms with Crippen molar-refractivity contribution in [3.05, 3.63) is 77.0 Å². The van der Waals surface area contributed by atoms with Crippen molar-refractivity contribution >= 4 is 11.9 Å². The van der Waals surface area contributed by atoms with Crippen molar-refractivity contribution in [1.29, 1.82) is 0 Å². The van der Waals surface area contributed by atoms with Crippen molar-refractivity contribution in [1.82, 2.24) is 15.5 Å². The normalized spacial score (nSPS) is 19.1. The number of ether oxygens (including phenoxy) is 1. The lowest BCUT2D eigenvalue weighted by molar-refractivity contribution is -0.124. The molecule has 132 valence electrons. The summed E-state index contributed by atoms with van der Waals surface area (Å²) in [4.78, 5) is 25.9. The summed E-state index contributed by atoms with van der Waals surface area (Å²) < 4.78 is 5.79. The minimum atomic E-state index is -0.445. The van der Waals surface area contributed by atoms with Crippen LogP contribution in [-0.2, 0) is 11.4 Å². The Kier molecular flexibility index (Phi) is 4.08. The van der Waals surface area contributed by atoms with Gasteiger partial charge in [-0.25, -0.2) is 4.79 Å². The molecule has 1 atom stereocenters. The Morgan fingerprint density at radius 3 is 2.54 bits per heavy atom. The third-order valence-electron chi connectivity index (χ3n) is 4.59. The highest BCUT2D eigenvalue weighted by Gasteiger charge is 2.38. The van der Waals surface area contributed by atoms with E-state index in [-0.39, 0.29) is 11.9 Å². The van der Waals surface area contributed by atoms with Crippen molar-refractivity contribution < 1.29 is 14.3 Å². The van der Waals surface area contributed by atoms with Gasteiger partial charge in [0.2, 0.25) is 0 Å². The van der Waals surface area contributed by atoms with Crippen LogP contribution >= 0.6 is 0 Å². The van der Waals surface area contributed by atoms with Crippen molar-refractivity contribution in [2.24, 2.45) is 0 Å². The van der Waals surface area contributed by atoms with Crippen LogP contribution in [-0.4, -0.2) is 30.4 Å². The number of carbonyl (C=O) groups is 2. The van der Waals surface area contributed by atoms with Gasteiger partial charge >= 0.3 is 6.03 Å². The summed E-state index contributed by atoms with van der Waals surface area (Å²) in [6, 6.07) is 16.7. The summed E-state index contributed by atoms with van der Waals surface area (Å²) in [5.41, 5.74) is 3.22. The summed E-state index contributed by atoms with van der Waals surface area (Å²) in [5, 5.41) is 5.57. The predicted octanol–water partition coefficient (Wildman–Crippen LogP) is 2.35. The molecule has 2 aliphatic heterocycles. The molecule has 2 heterocycles. The fraction of sp³-hybridized carbons (Fsp3) is 0.200. The smallest absolute Gasteiger partial charge is 0.319 e. The van der Waals surface area contributed by atoms with Crippen LogP contribution in [0.2, 0.25) is 0 Å². The van der Waals surface area contributed by atoms with E-state index < -0.39 is 6.04 Å². The average molecular weight is 349 g/mol. The second-order valence-electron chi connectivity index (χ2n) is 6.43. The Labute approximate surface area is 151 Å². The minimum absolute atomic E-state index is 0.0677. The van der Waals surface area contributed by atoms with Gasteiger partial charge in [-0.1, -0.05) is 42.5 Å². The van der Waals surface area contributed by atoms with E-state index in [4.69, 9.17) is 4.74 Å². The number of urea groups is 1. The van der Waals surface area contributed by atoms with E-state index in [1.807, 2.05) is 54.6 Å². The fourth-order valence-electron chi connectivity index (χ4n) is 3.26. The molecule has 0 saturated carbocycles. The number of likely N-dealkylation sites (N-methyl/N-ethyl adjacent to an activating group) is 1. The topological polar surface area (TPSA) is 70.7 Å². The molecule has 0 radical (unpaired) electrons. The number of hydrogen-bond acceptors (Lipinski definition) is 3. The van der Waals surface area contributed by atoms with E-state index >= 15 is 0 Å². The van der Waals surface area contributed by atoms with Crippen LogP contribution in [0, 0.1) is 0 Å². The maximum Gasteiger partial charge on any atom is 0.319 e. The van der Waals surface area contributed by atoms with Crippen LogP contribution in [0.1, 0.15) is 17.2 Å². The van der Waals surface area contributed by atoms with E-state index in [1.165, 1.54) is 0 Å². The Hall–Kier alpha value is -3.28. The first-order valence-corrected chi connectivity index (χ1v) is 8.44. The fourth-order valence-corrected chi connectivity index (χ4v) is 3.26. The first kappa shape index (κ1) is 16.2. The van der Waals surface area contributed by atoms with E-state index in [1.54, 1.807) is 11.9 Å². The molecule has 3 amide bonds. The number of nitrogens with one attached hydrogen (secondary N) is 2. The number of amides is 3. The number of nitrogens with zero attached hydrogens (tertiary/aromatic N) is 1. The van der Waals surface area contributed by atoms with E-state index in [2.05, 4.69) is 10.6 Å². The monoisotopic (exact) mass is 349 g/mol. The molecule has 0 saturated heterocycles. The molecule has 0 unspecified atom stereocenters. The Bertz CT molecular complexity index is 875. The minimum Gasteiger partial charge on any atom is -0.489 e. The second-order valence-corrected chi connectivity index (χ2v) is 6.43. The third-order valence-corrected chi connectivity index (χ3v) is 4.59.